The van der Waals surface area contributed by atoms with E-state index in [0.29, 0.717) is 23.5 Å². The number of carbonyl (C=O) groups excluding carboxylic acids is 3. The standard InChI is InChI=1S/C17H28N2O5SSi2/c1-26(2,3)18-13-15(21)19-14(17(22)24-27(4,5)6)12(10-25-16(13)19)8-7-9-23-11-20/h7-8,11,13,16,18H,9-10H2,1-6H3/b8-7+. The molecule has 0 aromatic heterocycles. The van der Waals surface area contributed by atoms with E-state index in [1.165, 1.54) is 0 Å². The van der Waals surface area contributed by atoms with Gasteiger partial charge in [0.1, 0.15) is 32.0 Å². The molecule has 27 heavy (non-hydrogen) atoms. The van der Waals surface area contributed by atoms with Crippen molar-refractivity contribution in [1.29, 1.82) is 0 Å². The second-order valence-electron chi connectivity index (χ2n) is 8.49. The summed E-state index contributed by atoms with van der Waals surface area (Å²) in [5.41, 5.74) is 1.04. The maximum atomic E-state index is 12.9. The number of thioether (sulfide) groups is 1. The minimum Gasteiger partial charge on any atom is -0.515 e. The number of fused-ring (bicyclic) bond motifs is 1. The van der Waals surface area contributed by atoms with Crippen LogP contribution in [0.2, 0.25) is 39.3 Å². The molecule has 10 heteroatoms. The third-order valence-corrected chi connectivity index (χ3v) is 7.04. The fourth-order valence-corrected chi connectivity index (χ4v) is 6.14. The van der Waals surface area contributed by atoms with Gasteiger partial charge in [0.2, 0.25) is 14.2 Å². The Labute approximate surface area is 166 Å². The van der Waals surface area contributed by atoms with Gasteiger partial charge in [-0.2, -0.15) is 0 Å². The topological polar surface area (TPSA) is 84.9 Å². The van der Waals surface area contributed by atoms with E-state index in [2.05, 4.69) is 29.4 Å². The number of hydrogen-bond donors (Lipinski definition) is 1. The summed E-state index contributed by atoms with van der Waals surface area (Å²) in [6, 6.07) is -0.264. The molecule has 0 saturated carbocycles. The zero-order valence-corrected chi connectivity index (χ0v) is 19.5. The predicted octanol–water partition coefficient (Wildman–Crippen LogP) is 2.06. The van der Waals surface area contributed by atoms with Crippen molar-refractivity contribution in [3.05, 3.63) is 23.4 Å². The lowest BCUT2D eigenvalue weighted by molar-refractivity contribution is -0.147. The Morgan fingerprint density at radius 1 is 1.30 bits per heavy atom. The zero-order chi connectivity index (χ0) is 20.4. The molecular weight excluding hydrogens is 400 g/mol. The van der Waals surface area contributed by atoms with Gasteiger partial charge in [-0.05, 0) is 31.3 Å². The molecule has 0 aromatic rings. The first-order chi connectivity index (χ1) is 12.4. The minimum absolute atomic E-state index is 0.0906. The fourth-order valence-electron chi connectivity index (χ4n) is 2.84. The molecule has 0 aliphatic carbocycles. The molecule has 150 valence electrons. The van der Waals surface area contributed by atoms with Gasteiger partial charge in [0.05, 0.1) is 0 Å². The number of nitrogens with one attached hydrogen (secondary N) is 1. The van der Waals surface area contributed by atoms with E-state index < -0.39 is 22.5 Å². The average Bonchev–Trinajstić information content (AvgIpc) is 2.53. The van der Waals surface area contributed by atoms with Crippen molar-refractivity contribution in [1.82, 2.24) is 9.88 Å². The van der Waals surface area contributed by atoms with Gasteiger partial charge in [0, 0.05) is 5.75 Å². The molecule has 0 radical (unpaired) electrons. The summed E-state index contributed by atoms with van der Waals surface area (Å²) in [6.07, 6.45) is 3.40. The highest BCUT2D eigenvalue weighted by Gasteiger charge is 2.54. The Morgan fingerprint density at radius 3 is 2.52 bits per heavy atom. The molecule has 1 saturated heterocycles. The van der Waals surface area contributed by atoms with Gasteiger partial charge < -0.3 is 14.1 Å². The van der Waals surface area contributed by atoms with Gasteiger partial charge in [0.15, 0.2) is 0 Å². The summed E-state index contributed by atoms with van der Waals surface area (Å²) in [6.45, 7) is 12.7. The molecule has 0 bridgehead atoms. The molecule has 1 amide bonds. The number of hydrogen-bond acceptors (Lipinski definition) is 7. The van der Waals surface area contributed by atoms with Crippen LogP contribution in [0.3, 0.4) is 0 Å². The van der Waals surface area contributed by atoms with Crippen LogP contribution in [0.25, 0.3) is 0 Å². The van der Waals surface area contributed by atoms with Crippen LogP contribution in [0.15, 0.2) is 23.4 Å². The van der Waals surface area contributed by atoms with Gasteiger partial charge in [0.25, 0.3) is 6.47 Å². The number of rotatable bonds is 8. The van der Waals surface area contributed by atoms with Gasteiger partial charge in [-0.15, -0.1) is 11.8 Å². The SMILES string of the molecule is C[Si](C)(C)NC1C(=O)N2C(C(=O)O[Si](C)(C)C)=C(/C=C/COC=O)CSC12. The molecule has 0 spiro atoms. The van der Waals surface area contributed by atoms with E-state index in [1.54, 1.807) is 28.8 Å². The van der Waals surface area contributed by atoms with Crippen molar-refractivity contribution in [3.63, 3.8) is 0 Å². The van der Waals surface area contributed by atoms with Crippen LogP contribution in [0.4, 0.5) is 0 Å². The first kappa shape index (κ1) is 21.9. The number of nitrogens with zero attached hydrogens (tertiary/aromatic N) is 1. The molecule has 2 heterocycles. The Balaban J connectivity index is 2.30. The monoisotopic (exact) mass is 428 g/mol. The Morgan fingerprint density at radius 2 is 1.96 bits per heavy atom. The highest BCUT2D eigenvalue weighted by molar-refractivity contribution is 8.00. The number of amides is 1. The van der Waals surface area contributed by atoms with Crippen molar-refractivity contribution in [2.24, 2.45) is 0 Å². The zero-order valence-electron chi connectivity index (χ0n) is 16.7. The third-order valence-electron chi connectivity index (χ3n) is 3.76. The number of β-lactam (4-membered cyclic amide) rings is 1. The van der Waals surface area contributed by atoms with E-state index in [-0.39, 0.29) is 23.9 Å². The lowest BCUT2D eigenvalue weighted by atomic mass is 10.0. The highest BCUT2D eigenvalue weighted by atomic mass is 32.2. The lowest BCUT2D eigenvalue weighted by Crippen LogP contribution is -2.73. The largest absolute Gasteiger partial charge is 0.515 e. The van der Waals surface area contributed by atoms with Crippen LogP contribution in [-0.4, -0.2) is 63.6 Å². The van der Waals surface area contributed by atoms with Crippen LogP contribution >= 0.6 is 11.8 Å². The van der Waals surface area contributed by atoms with Crippen LogP contribution in [0, 0.1) is 0 Å². The maximum Gasteiger partial charge on any atom is 0.342 e. The summed E-state index contributed by atoms with van der Waals surface area (Å²) in [7, 11) is -3.76. The first-order valence-electron chi connectivity index (χ1n) is 8.85. The van der Waals surface area contributed by atoms with Crippen molar-refractivity contribution in [3.8, 4) is 0 Å². The molecule has 2 unspecified atom stereocenters. The molecule has 1 fully saturated rings. The quantitative estimate of drug-likeness (QED) is 0.274. The minimum atomic E-state index is -2.11. The number of ether oxygens (including phenoxy) is 1. The second-order valence-corrected chi connectivity index (χ2v) is 18.8. The summed E-state index contributed by atoms with van der Waals surface area (Å²) in [4.78, 5) is 41.0. The molecule has 0 aromatic carbocycles. The van der Waals surface area contributed by atoms with Crippen LogP contribution in [0.1, 0.15) is 0 Å². The molecule has 2 aliphatic heterocycles. The second kappa shape index (κ2) is 8.33. The normalized spacial score (nSPS) is 23.2. The summed E-state index contributed by atoms with van der Waals surface area (Å²) in [5, 5.41) is -0.100. The summed E-state index contributed by atoms with van der Waals surface area (Å²) >= 11 is 1.63. The van der Waals surface area contributed by atoms with Crippen molar-refractivity contribution in [2.75, 3.05) is 12.4 Å². The number of allylic oxidation sites excluding steroid dienone is 1. The molecular formula is C17H28N2O5SSi2. The van der Waals surface area contributed by atoms with E-state index in [9.17, 15) is 14.4 Å². The molecule has 1 N–H and O–H groups in total. The van der Waals surface area contributed by atoms with Gasteiger partial charge in [-0.3, -0.25) is 14.5 Å². The average molecular weight is 429 g/mol. The molecule has 7 nitrogen and oxygen atoms in total. The highest BCUT2D eigenvalue weighted by Crippen LogP contribution is 2.41. The smallest absolute Gasteiger partial charge is 0.342 e. The van der Waals surface area contributed by atoms with E-state index in [4.69, 9.17) is 4.43 Å². The maximum absolute atomic E-state index is 12.9. The van der Waals surface area contributed by atoms with E-state index >= 15 is 0 Å². The van der Waals surface area contributed by atoms with Gasteiger partial charge >= 0.3 is 5.97 Å². The Kier molecular flexibility index (Phi) is 6.77. The van der Waals surface area contributed by atoms with Crippen LogP contribution < -0.4 is 4.98 Å². The van der Waals surface area contributed by atoms with Gasteiger partial charge in [-0.1, -0.05) is 25.7 Å². The third kappa shape index (κ3) is 5.56. The number of carbonyl (C=O) groups is 3. The van der Waals surface area contributed by atoms with Crippen molar-refractivity contribution < 1.29 is 23.5 Å². The fraction of sp³-hybridized carbons (Fsp3) is 0.588. The molecule has 2 rings (SSSR count). The lowest BCUT2D eigenvalue weighted by Gasteiger charge is -2.51. The van der Waals surface area contributed by atoms with Crippen molar-refractivity contribution in [2.45, 2.75) is 50.7 Å². The summed E-state index contributed by atoms with van der Waals surface area (Å²) in [5.74, 6) is 0.0499. The molecule has 2 atom stereocenters. The van der Waals surface area contributed by atoms with E-state index in [1.807, 2.05) is 19.6 Å². The first-order valence-corrected chi connectivity index (χ1v) is 16.8. The Bertz CT molecular complexity index is 682. The van der Waals surface area contributed by atoms with Crippen molar-refractivity contribution >= 4 is 46.7 Å². The predicted molar refractivity (Wildman–Crippen MR) is 111 cm³/mol. The summed E-state index contributed by atoms with van der Waals surface area (Å²) < 4.78 is 10.3. The van der Waals surface area contributed by atoms with E-state index in [0.717, 1.165) is 0 Å². The van der Waals surface area contributed by atoms with Crippen LogP contribution in [0.5, 0.6) is 0 Å². The van der Waals surface area contributed by atoms with Crippen LogP contribution in [-0.2, 0) is 23.5 Å². The molecule has 2 aliphatic rings. The van der Waals surface area contributed by atoms with Gasteiger partial charge in [-0.25, -0.2) is 4.79 Å². The Hall–Kier alpha value is -1.37.